The topological polar surface area (TPSA) is 47.6 Å². The van der Waals surface area contributed by atoms with E-state index in [0.29, 0.717) is 36.9 Å². The molecule has 2 bridgehead atoms. The summed E-state index contributed by atoms with van der Waals surface area (Å²) in [5, 5.41) is 3.61. The van der Waals surface area contributed by atoms with Gasteiger partial charge in [0.15, 0.2) is 0 Å². The Labute approximate surface area is 115 Å². The zero-order valence-electron chi connectivity index (χ0n) is 11.6. The van der Waals surface area contributed by atoms with Gasteiger partial charge in [0, 0.05) is 31.7 Å². The van der Waals surface area contributed by atoms with Gasteiger partial charge in [0.25, 0.3) is 0 Å². The predicted octanol–water partition coefficient (Wildman–Crippen LogP) is 1.88. The molecule has 0 radical (unpaired) electrons. The molecule has 0 aromatic rings. The van der Waals surface area contributed by atoms with Gasteiger partial charge in [-0.05, 0) is 50.4 Å². The zero-order chi connectivity index (χ0) is 13.1. The van der Waals surface area contributed by atoms with Crippen molar-refractivity contribution in [1.82, 2.24) is 5.32 Å². The van der Waals surface area contributed by atoms with Crippen LogP contribution in [0.1, 0.15) is 44.9 Å². The fourth-order valence-corrected chi connectivity index (χ4v) is 3.76. The van der Waals surface area contributed by atoms with Crippen LogP contribution in [0.4, 0.5) is 0 Å². The number of hydrogen-bond acceptors (Lipinski definition) is 4. The molecule has 1 N–H and O–H groups in total. The molecule has 2 unspecified atom stereocenters. The lowest BCUT2D eigenvalue weighted by Crippen LogP contribution is -2.38. The first-order valence-electron chi connectivity index (χ1n) is 7.79. The minimum absolute atomic E-state index is 0.0118. The van der Waals surface area contributed by atoms with Crippen LogP contribution in [-0.2, 0) is 14.3 Å². The van der Waals surface area contributed by atoms with Crippen LogP contribution in [0.2, 0.25) is 0 Å². The third kappa shape index (κ3) is 3.69. The fraction of sp³-hybridized carbons (Fsp3) is 0.933. The molecule has 4 nitrogen and oxygen atoms in total. The Kier molecular flexibility index (Phi) is 4.38. The third-order valence-electron chi connectivity index (χ3n) is 4.85. The van der Waals surface area contributed by atoms with Crippen LogP contribution in [0.5, 0.6) is 0 Å². The summed E-state index contributed by atoms with van der Waals surface area (Å²) in [4.78, 5) is 11.9. The van der Waals surface area contributed by atoms with E-state index >= 15 is 0 Å². The fourth-order valence-electron chi connectivity index (χ4n) is 3.76. The molecule has 4 heteroatoms. The number of rotatable bonds is 4. The lowest BCUT2D eigenvalue weighted by molar-refractivity contribution is -0.147. The third-order valence-corrected chi connectivity index (χ3v) is 4.85. The maximum atomic E-state index is 11.9. The molecule has 0 aliphatic carbocycles. The molecule has 19 heavy (non-hydrogen) atoms. The van der Waals surface area contributed by atoms with Crippen LogP contribution in [0.3, 0.4) is 0 Å². The van der Waals surface area contributed by atoms with E-state index in [-0.39, 0.29) is 5.97 Å². The molecule has 3 aliphatic heterocycles. The van der Waals surface area contributed by atoms with Crippen LogP contribution >= 0.6 is 0 Å². The summed E-state index contributed by atoms with van der Waals surface area (Å²) in [5.41, 5.74) is 0. The van der Waals surface area contributed by atoms with Crippen molar-refractivity contribution in [1.29, 1.82) is 0 Å². The average molecular weight is 267 g/mol. The van der Waals surface area contributed by atoms with Crippen molar-refractivity contribution in [2.45, 2.75) is 57.0 Å². The average Bonchev–Trinajstić information content (AvgIpc) is 2.77. The molecule has 3 fully saturated rings. The Morgan fingerprint density at radius 2 is 1.74 bits per heavy atom. The smallest absolute Gasteiger partial charge is 0.306 e. The Hall–Kier alpha value is -0.610. The summed E-state index contributed by atoms with van der Waals surface area (Å²) in [5.74, 6) is 1.07. The second-order valence-corrected chi connectivity index (χ2v) is 6.42. The quantitative estimate of drug-likeness (QED) is 0.790. The summed E-state index contributed by atoms with van der Waals surface area (Å²) in [6, 6.07) is 1.32. The standard InChI is InChI=1S/C15H25NO3/c17-15(19-10-11-3-5-18-6-4-11)9-12-7-13-1-2-14(8-12)16-13/h11-14,16H,1-10H2. The second kappa shape index (κ2) is 6.23. The van der Waals surface area contributed by atoms with Gasteiger partial charge < -0.3 is 14.8 Å². The number of hydrogen-bond donors (Lipinski definition) is 1. The van der Waals surface area contributed by atoms with E-state index < -0.39 is 0 Å². The van der Waals surface area contributed by atoms with Crippen LogP contribution < -0.4 is 5.32 Å². The summed E-state index contributed by atoms with van der Waals surface area (Å²) in [7, 11) is 0. The SMILES string of the molecule is O=C(CC1CC2CCC(C1)N2)OCC1CCOCC1. The molecule has 0 amide bonds. The molecule has 0 aromatic heterocycles. The highest BCUT2D eigenvalue weighted by Crippen LogP contribution is 2.32. The van der Waals surface area contributed by atoms with E-state index in [1.165, 1.54) is 12.8 Å². The lowest BCUT2D eigenvalue weighted by Gasteiger charge is -2.28. The lowest BCUT2D eigenvalue weighted by atomic mass is 9.90. The molecule has 3 heterocycles. The number of carbonyl (C=O) groups excluding carboxylic acids is 1. The van der Waals surface area contributed by atoms with Gasteiger partial charge in [-0.2, -0.15) is 0 Å². The summed E-state index contributed by atoms with van der Waals surface area (Å²) >= 11 is 0. The van der Waals surface area contributed by atoms with Crippen molar-refractivity contribution >= 4 is 5.97 Å². The first kappa shape index (κ1) is 13.4. The number of nitrogens with one attached hydrogen (secondary N) is 1. The van der Waals surface area contributed by atoms with Crippen molar-refractivity contribution in [2.75, 3.05) is 19.8 Å². The van der Waals surface area contributed by atoms with E-state index in [1.54, 1.807) is 0 Å². The Morgan fingerprint density at radius 1 is 1.05 bits per heavy atom. The molecule has 3 aliphatic rings. The summed E-state index contributed by atoms with van der Waals surface area (Å²) in [6.07, 6.45) is 7.58. The number of carbonyl (C=O) groups is 1. The van der Waals surface area contributed by atoms with Crippen molar-refractivity contribution < 1.29 is 14.3 Å². The van der Waals surface area contributed by atoms with Gasteiger partial charge >= 0.3 is 5.97 Å². The normalized spacial score (nSPS) is 35.3. The Bertz CT molecular complexity index is 303. The van der Waals surface area contributed by atoms with Crippen LogP contribution in [-0.4, -0.2) is 37.9 Å². The van der Waals surface area contributed by atoms with Gasteiger partial charge in [0.2, 0.25) is 0 Å². The van der Waals surface area contributed by atoms with E-state index in [0.717, 1.165) is 38.9 Å². The van der Waals surface area contributed by atoms with Gasteiger partial charge in [-0.3, -0.25) is 4.79 Å². The first-order valence-corrected chi connectivity index (χ1v) is 7.79. The highest BCUT2D eigenvalue weighted by atomic mass is 16.5. The van der Waals surface area contributed by atoms with Gasteiger partial charge in [0.05, 0.1) is 6.61 Å². The van der Waals surface area contributed by atoms with Crippen LogP contribution in [0.15, 0.2) is 0 Å². The summed E-state index contributed by atoms with van der Waals surface area (Å²) < 4.78 is 10.8. The molecule has 0 saturated carbocycles. The highest BCUT2D eigenvalue weighted by Gasteiger charge is 2.34. The number of piperidine rings is 1. The minimum atomic E-state index is 0.0118. The van der Waals surface area contributed by atoms with Crippen molar-refractivity contribution in [3.63, 3.8) is 0 Å². The number of fused-ring (bicyclic) bond motifs is 2. The van der Waals surface area contributed by atoms with Crippen LogP contribution in [0.25, 0.3) is 0 Å². The molecule has 3 rings (SSSR count). The first-order chi connectivity index (χ1) is 9.29. The van der Waals surface area contributed by atoms with E-state index in [4.69, 9.17) is 9.47 Å². The number of ether oxygens (including phenoxy) is 2. The molecular formula is C15H25NO3. The molecule has 0 spiro atoms. The zero-order valence-corrected chi connectivity index (χ0v) is 11.6. The predicted molar refractivity (Wildman–Crippen MR) is 71.8 cm³/mol. The second-order valence-electron chi connectivity index (χ2n) is 6.42. The maximum absolute atomic E-state index is 11.9. The minimum Gasteiger partial charge on any atom is -0.465 e. The Balaban J connectivity index is 1.36. The van der Waals surface area contributed by atoms with E-state index in [9.17, 15) is 4.79 Å². The summed E-state index contributed by atoms with van der Waals surface area (Å²) in [6.45, 7) is 2.24. The van der Waals surface area contributed by atoms with Crippen molar-refractivity contribution in [3.8, 4) is 0 Å². The largest absolute Gasteiger partial charge is 0.465 e. The molecule has 108 valence electrons. The molecular weight excluding hydrogens is 242 g/mol. The van der Waals surface area contributed by atoms with E-state index in [2.05, 4.69) is 5.32 Å². The van der Waals surface area contributed by atoms with Gasteiger partial charge in [-0.15, -0.1) is 0 Å². The van der Waals surface area contributed by atoms with Gasteiger partial charge in [-0.25, -0.2) is 0 Å². The Morgan fingerprint density at radius 3 is 2.42 bits per heavy atom. The van der Waals surface area contributed by atoms with Gasteiger partial charge in [-0.1, -0.05) is 0 Å². The highest BCUT2D eigenvalue weighted by molar-refractivity contribution is 5.69. The van der Waals surface area contributed by atoms with Gasteiger partial charge in [0.1, 0.15) is 0 Å². The van der Waals surface area contributed by atoms with Crippen LogP contribution in [0, 0.1) is 11.8 Å². The molecule has 0 aromatic carbocycles. The maximum Gasteiger partial charge on any atom is 0.306 e. The molecule has 3 saturated heterocycles. The van der Waals surface area contributed by atoms with Crippen molar-refractivity contribution in [2.24, 2.45) is 11.8 Å². The number of esters is 1. The van der Waals surface area contributed by atoms with Crippen molar-refractivity contribution in [3.05, 3.63) is 0 Å². The monoisotopic (exact) mass is 267 g/mol. The molecule has 2 atom stereocenters. The van der Waals surface area contributed by atoms with E-state index in [1.807, 2.05) is 0 Å².